The zero-order valence-electron chi connectivity index (χ0n) is 14.5. The Morgan fingerprint density at radius 1 is 1.08 bits per heavy atom. The van der Waals surface area contributed by atoms with Crippen LogP contribution >= 0.6 is 0 Å². The maximum atomic E-state index is 12.7. The first-order valence-electron chi connectivity index (χ1n) is 9.01. The van der Waals surface area contributed by atoms with Crippen molar-refractivity contribution in [1.29, 1.82) is 0 Å². The van der Waals surface area contributed by atoms with Crippen LogP contribution in [0.5, 0.6) is 0 Å². The van der Waals surface area contributed by atoms with Crippen molar-refractivity contribution in [3.05, 3.63) is 60.2 Å². The van der Waals surface area contributed by atoms with Gasteiger partial charge < -0.3 is 10.1 Å². The summed E-state index contributed by atoms with van der Waals surface area (Å²) in [5, 5.41) is 3.21. The van der Waals surface area contributed by atoms with E-state index < -0.39 is 0 Å². The predicted molar refractivity (Wildman–Crippen MR) is 98.5 cm³/mol. The second kappa shape index (κ2) is 6.98. The molecule has 1 amide bonds. The smallest absolute Gasteiger partial charge is 0.251 e. The van der Waals surface area contributed by atoms with Gasteiger partial charge in [-0.25, -0.2) is 0 Å². The molecule has 0 radical (unpaired) electrons. The average Bonchev–Trinajstić information content (AvgIpc) is 3.04. The molecule has 0 aromatic heterocycles. The van der Waals surface area contributed by atoms with Crippen LogP contribution < -0.4 is 5.32 Å². The third kappa shape index (κ3) is 3.60. The number of hydrogen-bond acceptors (Lipinski definition) is 3. The molecule has 0 aliphatic carbocycles. The van der Waals surface area contributed by atoms with Crippen molar-refractivity contribution in [1.82, 2.24) is 10.2 Å². The Bertz CT molecular complexity index is 747. The summed E-state index contributed by atoms with van der Waals surface area (Å²) in [5.74, 6) is 0.0107. The summed E-state index contributed by atoms with van der Waals surface area (Å²) < 4.78 is 5.74. The average molecular weight is 336 g/mol. The van der Waals surface area contributed by atoms with Crippen LogP contribution in [0.25, 0.3) is 11.1 Å². The molecule has 3 atom stereocenters. The summed E-state index contributed by atoms with van der Waals surface area (Å²) in [5.41, 5.74) is 2.91. The van der Waals surface area contributed by atoms with E-state index >= 15 is 0 Å². The standard InChI is InChI=1S/C21H24N2O2/c1-15-12-23-13-19(11-20(23)14-25-15)22-21(24)18-9-5-8-17(10-18)16-6-3-2-4-7-16/h2-10,15,19-20H,11-14H2,1H3,(H,22,24)/t15-,19-,20-/m0/s1. The first-order chi connectivity index (χ1) is 12.2. The van der Waals surface area contributed by atoms with Gasteiger partial charge >= 0.3 is 0 Å². The number of benzene rings is 2. The summed E-state index contributed by atoms with van der Waals surface area (Å²) >= 11 is 0. The maximum absolute atomic E-state index is 12.7. The van der Waals surface area contributed by atoms with E-state index in [1.807, 2.05) is 42.5 Å². The Balaban J connectivity index is 1.44. The van der Waals surface area contributed by atoms with Gasteiger partial charge in [0.2, 0.25) is 0 Å². The molecular weight excluding hydrogens is 312 g/mol. The van der Waals surface area contributed by atoms with E-state index in [2.05, 4.69) is 29.3 Å². The summed E-state index contributed by atoms with van der Waals surface area (Å²) in [7, 11) is 0. The van der Waals surface area contributed by atoms with Crippen molar-refractivity contribution in [2.45, 2.75) is 31.5 Å². The third-order valence-corrected chi connectivity index (χ3v) is 5.16. The Kier molecular flexibility index (Phi) is 4.55. The Labute approximate surface area is 148 Å². The fourth-order valence-electron chi connectivity index (χ4n) is 3.88. The molecule has 2 heterocycles. The Morgan fingerprint density at radius 3 is 2.72 bits per heavy atom. The second-order valence-corrected chi connectivity index (χ2v) is 7.10. The quantitative estimate of drug-likeness (QED) is 0.937. The van der Waals surface area contributed by atoms with Gasteiger partial charge in [0.1, 0.15) is 0 Å². The highest BCUT2D eigenvalue weighted by Crippen LogP contribution is 2.24. The molecule has 2 aliphatic rings. The van der Waals surface area contributed by atoms with Crippen LogP contribution in [0.1, 0.15) is 23.7 Å². The van der Waals surface area contributed by atoms with E-state index in [0.717, 1.165) is 42.8 Å². The van der Waals surface area contributed by atoms with Crippen molar-refractivity contribution in [2.75, 3.05) is 19.7 Å². The lowest BCUT2D eigenvalue weighted by molar-refractivity contribution is -0.0390. The number of fused-ring (bicyclic) bond motifs is 1. The van der Waals surface area contributed by atoms with Crippen LogP contribution in [0.4, 0.5) is 0 Å². The van der Waals surface area contributed by atoms with Gasteiger partial charge in [0, 0.05) is 30.7 Å². The monoisotopic (exact) mass is 336 g/mol. The molecule has 0 unspecified atom stereocenters. The van der Waals surface area contributed by atoms with Crippen LogP contribution in [-0.4, -0.2) is 48.7 Å². The first-order valence-corrected chi connectivity index (χ1v) is 9.01. The van der Waals surface area contributed by atoms with Gasteiger partial charge in [0.25, 0.3) is 5.91 Å². The molecule has 2 aromatic carbocycles. The predicted octanol–water partition coefficient (Wildman–Crippen LogP) is 2.95. The molecule has 130 valence electrons. The Morgan fingerprint density at radius 2 is 1.88 bits per heavy atom. The minimum absolute atomic E-state index is 0.0107. The molecule has 2 fully saturated rings. The van der Waals surface area contributed by atoms with E-state index in [-0.39, 0.29) is 18.1 Å². The largest absolute Gasteiger partial charge is 0.376 e. The van der Waals surface area contributed by atoms with Crippen molar-refractivity contribution in [3.8, 4) is 11.1 Å². The fraction of sp³-hybridized carbons (Fsp3) is 0.381. The third-order valence-electron chi connectivity index (χ3n) is 5.16. The number of morpholine rings is 1. The lowest BCUT2D eigenvalue weighted by atomic mass is 10.0. The van der Waals surface area contributed by atoms with E-state index in [0.29, 0.717) is 6.04 Å². The summed E-state index contributed by atoms with van der Waals surface area (Å²) in [6.07, 6.45) is 1.25. The number of amides is 1. The normalized spacial score (nSPS) is 26.2. The lowest BCUT2D eigenvalue weighted by Crippen LogP contribution is -2.45. The summed E-state index contributed by atoms with van der Waals surface area (Å²) in [4.78, 5) is 15.1. The van der Waals surface area contributed by atoms with Crippen molar-refractivity contribution < 1.29 is 9.53 Å². The zero-order valence-corrected chi connectivity index (χ0v) is 14.5. The zero-order chi connectivity index (χ0) is 17.2. The number of ether oxygens (including phenoxy) is 1. The van der Waals surface area contributed by atoms with Gasteiger partial charge in [0.15, 0.2) is 0 Å². The second-order valence-electron chi connectivity index (χ2n) is 7.10. The molecule has 0 saturated carbocycles. The molecule has 2 saturated heterocycles. The first kappa shape index (κ1) is 16.3. The fourth-order valence-corrected chi connectivity index (χ4v) is 3.88. The van der Waals surface area contributed by atoms with Gasteiger partial charge in [-0.2, -0.15) is 0 Å². The highest BCUT2D eigenvalue weighted by molar-refractivity contribution is 5.95. The highest BCUT2D eigenvalue weighted by atomic mass is 16.5. The van der Waals surface area contributed by atoms with E-state index in [9.17, 15) is 4.79 Å². The van der Waals surface area contributed by atoms with Crippen LogP contribution in [0.15, 0.2) is 54.6 Å². The number of nitrogens with zero attached hydrogens (tertiary/aromatic N) is 1. The van der Waals surface area contributed by atoms with Gasteiger partial charge in [-0.1, -0.05) is 42.5 Å². The number of nitrogens with one attached hydrogen (secondary N) is 1. The molecule has 4 heteroatoms. The molecule has 25 heavy (non-hydrogen) atoms. The van der Waals surface area contributed by atoms with Crippen molar-refractivity contribution in [2.24, 2.45) is 0 Å². The molecular formula is C21H24N2O2. The van der Waals surface area contributed by atoms with E-state index in [4.69, 9.17) is 4.74 Å². The Hall–Kier alpha value is -2.17. The van der Waals surface area contributed by atoms with Crippen LogP contribution in [0.2, 0.25) is 0 Å². The molecule has 2 aliphatic heterocycles. The highest BCUT2D eigenvalue weighted by Gasteiger charge is 2.36. The topological polar surface area (TPSA) is 41.6 Å². The van der Waals surface area contributed by atoms with Gasteiger partial charge in [-0.15, -0.1) is 0 Å². The molecule has 4 nitrogen and oxygen atoms in total. The minimum atomic E-state index is 0.0107. The van der Waals surface area contributed by atoms with Crippen molar-refractivity contribution in [3.63, 3.8) is 0 Å². The van der Waals surface area contributed by atoms with Crippen LogP contribution in [0, 0.1) is 0 Å². The number of carbonyl (C=O) groups excluding carboxylic acids is 1. The van der Waals surface area contributed by atoms with Gasteiger partial charge in [-0.05, 0) is 36.6 Å². The van der Waals surface area contributed by atoms with E-state index in [1.165, 1.54) is 0 Å². The maximum Gasteiger partial charge on any atom is 0.251 e. The summed E-state index contributed by atoms with van der Waals surface area (Å²) in [6.45, 7) is 4.76. The summed E-state index contributed by atoms with van der Waals surface area (Å²) in [6, 6.07) is 18.6. The van der Waals surface area contributed by atoms with Gasteiger partial charge in [-0.3, -0.25) is 9.69 Å². The number of hydrogen-bond donors (Lipinski definition) is 1. The van der Waals surface area contributed by atoms with Crippen LogP contribution in [-0.2, 0) is 4.74 Å². The van der Waals surface area contributed by atoms with Crippen LogP contribution in [0.3, 0.4) is 0 Å². The molecule has 0 spiro atoms. The van der Waals surface area contributed by atoms with E-state index in [1.54, 1.807) is 0 Å². The molecule has 2 aromatic rings. The molecule has 0 bridgehead atoms. The number of rotatable bonds is 3. The lowest BCUT2D eigenvalue weighted by Gasteiger charge is -2.33. The number of carbonyl (C=O) groups is 1. The van der Waals surface area contributed by atoms with Crippen molar-refractivity contribution >= 4 is 5.91 Å². The SMILES string of the molecule is C[C@H]1CN2C[C@@H](NC(=O)c3cccc(-c4ccccc4)c3)C[C@H]2CO1. The molecule has 1 N–H and O–H groups in total. The van der Waals surface area contributed by atoms with Gasteiger partial charge in [0.05, 0.1) is 12.7 Å². The molecule has 4 rings (SSSR count). The minimum Gasteiger partial charge on any atom is -0.376 e.